The van der Waals surface area contributed by atoms with Gasteiger partial charge in [-0.25, -0.2) is 13.6 Å². The van der Waals surface area contributed by atoms with Gasteiger partial charge in [-0.15, -0.1) is 0 Å². The Balaban J connectivity index is 1.05. The van der Waals surface area contributed by atoms with E-state index in [9.17, 15) is 32.4 Å². The molecule has 16 heteroatoms. The summed E-state index contributed by atoms with van der Waals surface area (Å²) in [6.45, 7) is 2.43. The minimum atomic E-state index is -3.82. The van der Waals surface area contributed by atoms with Crippen molar-refractivity contribution >= 4 is 45.2 Å². The molecule has 0 aromatic heterocycles. The van der Waals surface area contributed by atoms with Crippen LogP contribution in [0, 0.1) is 0 Å². The average molecular weight is 632 g/mol. The molecule has 4 rings (SSSR count). The molecule has 5 N–H and O–H groups in total. The zero-order valence-corrected chi connectivity index (χ0v) is 24.5. The van der Waals surface area contributed by atoms with E-state index in [1.807, 2.05) is 0 Å². The van der Waals surface area contributed by atoms with Crippen molar-refractivity contribution in [3.8, 4) is 0 Å². The van der Waals surface area contributed by atoms with Crippen molar-refractivity contribution in [1.29, 1.82) is 0 Å². The number of anilines is 1. The summed E-state index contributed by atoms with van der Waals surface area (Å²) in [6, 6.07) is 9.08. The lowest BCUT2D eigenvalue weighted by molar-refractivity contribution is -0.136. The largest absolute Gasteiger partial charge is 0.382 e. The lowest BCUT2D eigenvalue weighted by Gasteiger charge is -2.27. The van der Waals surface area contributed by atoms with Gasteiger partial charge in [-0.3, -0.25) is 34.2 Å². The van der Waals surface area contributed by atoms with Gasteiger partial charge in [0.05, 0.1) is 55.7 Å². The molecule has 0 saturated carbocycles. The summed E-state index contributed by atoms with van der Waals surface area (Å²) >= 11 is 0. The first-order valence-corrected chi connectivity index (χ1v) is 15.4. The van der Waals surface area contributed by atoms with Gasteiger partial charge in [0.1, 0.15) is 6.04 Å². The van der Waals surface area contributed by atoms with Gasteiger partial charge >= 0.3 is 0 Å². The molecule has 2 aromatic rings. The third-order valence-corrected chi connectivity index (χ3v) is 7.68. The summed E-state index contributed by atoms with van der Waals surface area (Å²) in [7, 11) is -3.82. The van der Waals surface area contributed by atoms with Crippen molar-refractivity contribution in [3.05, 3.63) is 59.2 Å². The van der Waals surface area contributed by atoms with Gasteiger partial charge in [-0.1, -0.05) is 6.07 Å². The Morgan fingerprint density at radius 1 is 0.886 bits per heavy atom. The van der Waals surface area contributed by atoms with Crippen molar-refractivity contribution in [3.63, 3.8) is 0 Å². The van der Waals surface area contributed by atoms with Crippen LogP contribution in [0.25, 0.3) is 0 Å². The molecule has 44 heavy (non-hydrogen) atoms. The number of hydrogen-bond donors (Lipinski definition) is 4. The molecule has 1 atom stereocenters. The smallest absolute Gasteiger partial charge is 0.264 e. The molecule has 1 unspecified atom stereocenters. The van der Waals surface area contributed by atoms with Gasteiger partial charge in [-0.05, 0) is 42.8 Å². The number of imide groups is 2. The van der Waals surface area contributed by atoms with Gasteiger partial charge in [0.25, 0.3) is 17.7 Å². The maximum Gasteiger partial charge on any atom is 0.264 e. The van der Waals surface area contributed by atoms with E-state index in [-0.39, 0.29) is 47.9 Å². The summed E-state index contributed by atoms with van der Waals surface area (Å²) in [5, 5.41) is 13.0. The van der Waals surface area contributed by atoms with E-state index in [1.54, 1.807) is 12.1 Å². The van der Waals surface area contributed by atoms with Crippen LogP contribution in [0.5, 0.6) is 0 Å². The van der Waals surface area contributed by atoms with Crippen molar-refractivity contribution in [1.82, 2.24) is 15.5 Å². The Labute approximate surface area is 253 Å². The van der Waals surface area contributed by atoms with Gasteiger partial charge in [0.15, 0.2) is 0 Å². The van der Waals surface area contributed by atoms with Crippen LogP contribution in [0.2, 0.25) is 0 Å². The number of piperidine rings is 1. The molecule has 236 valence electrons. The molecule has 1 saturated heterocycles. The zero-order chi connectivity index (χ0) is 31.7. The lowest BCUT2D eigenvalue weighted by Crippen LogP contribution is -2.54. The number of benzene rings is 2. The topological polar surface area (TPSA) is 213 Å². The highest BCUT2D eigenvalue weighted by Gasteiger charge is 2.45. The number of carbonyl (C=O) groups is 5. The number of nitrogens with one attached hydrogen (secondary N) is 3. The maximum atomic E-state index is 13.1. The van der Waals surface area contributed by atoms with Crippen LogP contribution >= 0.6 is 0 Å². The summed E-state index contributed by atoms with van der Waals surface area (Å²) in [5.41, 5.74) is 1.12. The number of rotatable bonds is 16. The summed E-state index contributed by atoms with van der Waals surface area (Å²) in [4.78, 5) is 62.7. The van der Waals surface area contributed by atoms with Crippen molar-refractivity contribution in [2.45, 2.75) is 23.8 Å². The van der Waals surface area contributed by atoms with Crippen LogP contribution in [0.4, 0.5) is 5.69 Å². The molecule has 0 bridgehead atoms. The fraction of sp³-hybridized carbons (Fsp3) is 0.393. The van der Waals surface area contributed by atoms with Crippen LogP contribution < -0.4 is 21.1 Å². The summed E-state index contributed by atoms with van der Waals surface area (Å²) < 4.78 is 38.9. The van der Waals surface area contributed by atoms with E-state index in [0.29, 0.717) is 50.8 Å². The second-order valence-electron chi connectivity index (χ2n) is 9.76. The van der Waals surface area contributed by atoms with Crippen LogP contribution in [-0.4, -0.2) is 102 Å². The van der Waals surface area contributed by atoms with Gasteiger partial charge in [0.2, 0.25) is 21.8 Å². The quantitative estimate of drug-likeness (QED) is 0.139. The summed E-state index contributed by atoms with van der Waals surface area (Å²) in [6.07, 6.45) is 0.137. The SMILES string of the molecule is NS(=O)(=O)c1ccc(C(=O)NCCOCCOCCOCCNc2cccc3c2C(=O)N(C2CCC(=O)NC2=O)C3=O)cc1. The number of ether oxygens (including phenoxy) is 3. The van der Waals surface area contributed by atoms with E-state index in [0.717, 1.165) is 4.90 Å². The molecular weight excluding hydrogens is 598 g/mol. The van der Waals surface area contributed by atoms with E-state index in [4.69, 9.17) is 19.3 Å². The van der Waals surface area contributed by atoms with Crippen molar-refractivity contribution < 1.29 is 46.6 Å². The number of nitrogens with two attached hydrogens (primary N) is 1. The fourth-order valence-electron chi connectivity index (χ4n) is 4.60. The molecule has 0 aliphatic carbocycles. The second-order valence-corrected chi connectivity index (χ2v) is 11.3. The highest BCUT2D eigenvalue weighted by atomic mass is 32.2. The molecule has 1 fully saturated rings. The zero-order valence-electron chi connectivity index (χ0n) is 23.7. The standard InChI is InChI=1S/C28H33N5O10S/c29-44(39,40)19-6-4-18(5-7-19)25(35)31-11-13-42-15-17-43-16-14-41-12-10-30-21-3-1-2-20-24(21)28(38)33(27(20)37)22-8-9-23(34)32-26(22)36/h1-7,22,30H,8-17H2,(H,31,35)(H2,29,39,40)(H,32,34,36). The Kier molecular flexibility index (Phi) is 11.1. The monoisotopic (exact) mass is 631 g/mol. The van der Waals surface area contributed by atoms with Gasteiger partial charge in [0, 0.05) is 30.8 Å². The molecule has 2 aliphatic heterocycles. The van der Waals surface area contributed by atoms with Crippen LogP contribution in [-0.2, 0) is 33.8 Å². The molecular formula is C28H33N5O10S. The van der Waals surface area contributed by atoms with E-state index in [2.05, 4.69) is 16.0 Å². The lowest BCUT2D eigenvalue weighted by atomic mass is 10.0. The highest BCUT2D eigenvalue weighted by molar-refractivity contribution is 7.89. The molecule has 15 nitrogen and oxygen atoms in total. The minimum Gasteiger partial charge on any atom is -0.382 e. The Morgan fingerprint density at radius 3 is 2.16 bits per heavy atom. The van der Waals surface area contributed by atoms with E-state index < -0.39 is 39.7 Å². The minimum absolute atomic E-state index is 0.0502. The summed E-state index contributed by atoms with van der Waals surface area (Å²) in [5.74, 6) is -2.62. The number of hydrogen-bond acceptors (Lipinski definition) is 11. The first kappa shape index (κ1) is 32.7. The van der Waals surface area contributed by atoms with Crippen LogP contribution in [0.1, 0.15) is 43.9 Å². The highest BCUT2D eigenvalue weighted by Crippen LogP contribution is 2.32. The third kappa shape index (κ3) is 8.23. The normalized spacial score (nSPS) is 16.6. The average Bonchev–Trinajstić information content (AvgIpc) is 3.24. The maximum absolute atomic E-state index is 13.1. The molecule has 0 radical (unpaired) electrons. The van der Waals surface area contributed by atoms with E-state index >= 15 is 0 Å². The first-order chi connectivity index (χ1) is 21.1. The number of nitrogens with zero attached hydrogens (tertiary/aromatic N) is 1. The van der Waals surface area contributed by atoms with Crippen LogP contribution in [0.3, 0.4) is 0 Å². The molecule has 2 aromatic carbocycles. The molecule has 5 amide bonds. The molecule has 0 spiro atoms. The number of sulfonamides is 1. The second kappa shape index (κ2) is 15.0. The van der Waals surface area contributed by atoms with Gasteiger partial charge < -0.3 is 24.8 Å². The Bertz CT molecular complexity index is 1510. The van der Waals surface area contributed by atoms with Crippen molar-refractivity contribution in [2.75, 3.05) is 58.0 Å². The first-order valence-electron chi connectivity index (χ1n) is 13.8. The predicted octanol–water partition coefficient (Wildman–Crippen LogP) is -0.373. The van der Waals surface area contributed by atoms with Crippen molar-refractivity contribution in [2.24, 2.45) is 5.14 Å². The number of fused-ring (bicyclic) bond motifs is 1. The Hall–Kier alpha value is -4.22. The van der Waals surface area contributed by atoms with E-state index in [1.165, 1.54) is 30.3 Å². The number of amides is 5. The molecule has 2 aliphatic rings. The third-order valence-electron chi connectivity index (χ3n) is 6.75. The van der Waals surface area contributed by atoms with Gasteiger partial charge in [-0.2, -0.15) is 0 Å². The fourth-order valence-corrected chi connectivity index (χ4v) is 5.11. The number of carbonyl (C=O) groups excluding carboxylic acids is 5. The molecule has 2 heterocycles. The van der Waals surface area contributed by atoms with Crippen LogP contribution in [0.15, 0.2) is 47.4 Å². The predicted molar refractivity (Wildman–Crippen MR) is 154 cm³/mol. The number of primary sulfonamides is 1. The Morgan fingerprint density at radius 2 is 1.52 bits per heavy atom.